The summed E-state index contributed by atoms with van der Waals surface area (Å²) in [6.45, 7) is 5.41. The third kappa shape index (κ3) is 10.0. The lowest BCUT2D eigenvalue weighted by atomic mass is 10.00. The Kier molecular flexibility index (Phi) is 12.1. The predicted molar refractivity (Wildman–Crippen MR) is 125 cm³/mol. The number of nitrogens with one attached hydrogen (secondary N) is 3. The maximum atomic E-state index is 13.1. The van der Waals surface area contributed by atoms with Gasteiger partial charge in [0.2, 0.25) is 17.7 Å². The molecular weight excluding hydrogens is 426 g/mol. The van der Waals surface area contributed by atoms with Crippen LogP contribution in [0.4, 0.5) is 0 Å². The van der Waals surface area contributed by atoms with Gasteiger partial charge in [0.05, 0.1) is 6.04 Å². The Hall–Kier alpha value is -2.98. The van der Waals surface area contributed by atoms with Crippen LogP contribution in [0.15, 0.2) is 30.3 Å². The summed E-state index contributed by atoms with van der Waals surface area (Å²) in [5.74, 6) is -3.14. The summed E-state index contributed by atoms with van der Waals surface area (Å²) < 4.78 is 0. The molecule has 0 aromatic heterocycles. The Bertz CT molecular complexity index is 785. The Balaban J connectivity index is 2.97. The molecule has 4 unspecified atom stereocenters. The molecule has 0 radical (unpaired) electrons. The number of hydrogen-bond acceptors (Lipinski definition) is 6. The lowest BCUT2D eigenvalue weighted by molar-refractivity contribution is -0.142. The molecule has 0 bridgehead atoms. The van der Waals surface area contributed by atoms with Gasteiger partial charge in [-0.05, 0) is 44.2 Å². The van der Waals surface area contributed by atoms with Crippen LogP contribution in [0.25, 0.3) is 0 Å². The molecular formula is C23H37N5O5. The molecule has 0 aliphatic carbocycles. The van der Waals surface area contributed by atoms with E-state index >= 15 is 0 Å². The zero-order chi connectivity index (χ0) is 25.0. The summed E-state index contributed by atoms with van der Waals surface area (Å²) in [5.41, 5.74) is 11.9. The third-order valence-corrected chi connectivity index (χ3v) is 5.14. The van der Waals surface area contributed by atoms with Crippen LogP contribution in [-0.4, -0.2) is 59.5 Å². The van der Waals surface area contributed by atoms with Crippen LogP contribution >= 0.6 is 0 Å². The number of carboxylic acid groups (broad SMARTS) is 1. The molecule has 0 aliphatic heterocycles. The quantitative estimate of drug-likeness (QED) is 0.209. The van der Waals surface area contributed by atoms with E-state index in [4.69, 9.17) is 11.5 Å². The molecule has 1 rings (SSSR count). The van der Waals surface area contributed by atoms with Gasteiger partial charge in [0.25, 0.3) is 0 Å². The van der Waals surface area contributed by atoms with Crippen molar-refractivity contribution in [2.45, 2.75) is 70.6 Å². The SMILES string of the molecule is CC(N)C(=O)NC(Cc1ccccc1)C(=O)NC(C(=O)NC(CCCCN)C(=O)O)C(C)C. The fourth-order valence-corrected chi connectivity index (χ4v) is 3.16. The lowest BCUT2D eigenvalue weighted by Crippen LogP contribution is -2.58. The second kappa shape index (κ2) is 14.2. The fourth-order valence-electron chi connectivity index (χ4n) is 3.16. The molecule has 8 N–H and O–H groups in total. The van der Waals surface area contributed by atoms with Gasteiger partial charge in [-0.1, -0.05) is 44.2 Å². The minimum Gasteiger partial charge on any atom is -0.480 e. The summed E-state index contributed by atoms with van der Waals surface area (Å²) >= 11 is 0. The third-order valence-electron chi connectivity index (χ3n) is 5.14. The van der Waals surface area contributed by atoms with Crippen molar-refractivity contribution in [2.24, 2.45) is 17.4 Å². The minimum atomic E-state index is -1.15. The molecule has 0 spiro atoms. The van der Waals surface area contributed by atoms with Crippen molar-refractivity contribution in [1.29, 1.82) is 0 Å². The monoisotopic (exact) mass is 463 g/mol. The van der Waals surface area contributed by atoms with Crippen LogP contribution in [-0.2, 0) is 25.6 Å². The van der Waals surface area contributed by atoms with Crippen molar-refractivity contribution in [3.05, 3.63) is 35.9 Å². The van der Waals surface area contributed by atoms with Crippen molar-refractivity contribution in [3.63, 3.8) is 0 Å². The molecule has 33 heavy (non-hydrogen) atoms. The maximum Gasteiger partial charge on any atom is 0.326 e. The Morgan fingerprint density at radius 3 is 2.00 bits per heavy atom. The number of amides is 3. The molecule has 184 valence electrons. The number of carbonyl (C=O) groups is 4. The molecule has 3 amide bonds. The maximum absolute atomic E-state index is 13.1. The Morgan fingerprint density at radius 2 is 1.48 bits per heavy atom. The number of hydrogen-bond donors (Lipinski definition) is 6. The van der Waals surface area contributed by atoms with Crippen molar-refractivity contribution in [3.8, 4) is 0 Å². The number of rotatable bonds is 14. The van der Waals surface area contributed by atoms with Crippen LogP contribution in [0.2, 0.25) is 0 Å². The van der Waals surface area contributed by atoms with E-state index in [-0.39, 0.29) is 18.8 Å². The van der Waals surface area contributed by atoms with Crippen LogP contribution in [0.1, 0.15) is 45.6 Å². The fraction of sp³-hybridized carbons (Fsp3) is 0.565. The number of aliphatic carboxylic acids is 1. The smallest absolute Gasteiger partial charge is 0.326 e. The summed E-state index contributed by atoms with van der Waals surface area (Å²) in [5, 5.41) is 17.2. The summed E-state index contributed by atoms with van der Waals surface area (Å²) in [4.78, 5) is 49.7. The number of carbonyl (C=O) groups excluding carboxylic acids is 3. The van der Waals surface area contributed by atoms with E-state index in [1.165, 1.54) is 6.92 Å². The van der Waals surface area contributed by atoms with E-state index in [1.807, 2.05) is 30.3 Å². The van der Waals surface area contributed by atoms with Gasteiger partial charge in [0.1, 0.15) is 18.1 Å². The number of nitrogens with two attached hydrogens (primary N) is 2. The van der Waals surface area contributed by atoms with Gasteiger partial charge < -0.3 is 32.5 Å². The number of carboxylic acids is 1. The van der Waals surface area contributed by atoms with Gasteiger partial charge >= 0.3 is 5.97 Å². The van der Waals surface area contributed by atoms with Crippen molar-refractivity contribution < 1.29 is 24.3 Å². The first-order chi connectivity index (χ1) is 15.6. The lowest BCUT2D eigenvalue weighted by Gasteiger charge is -2.27. The van der Waals surface area contributed by atoms with Crippen LogP contribution in [0, 0.1) is 5.92 Å². The van der Waals surface area contributed by atoms with E-state index in [1.54, 1.807) is 13.8 Å². The molecule has 0 saturated carbocycles. The Labute approximate surface area is 194 Å². The summed E-state index contributed by atoms with van der Waals surface area (Å²) in [6.07, 6.45) is 1.63. The van der Waals surface area contributed by atoms with Gasteiger partial charge in [-0.3, -0.25) is 14.4 Å². The number of benzene rings is 1. The van der Waals surface area contributed by atoms with Gasteiger partial charge in [-0.25, -0.2) is 4.79 Å². The standard InChI is InChI=1S/C23H37N5O5/c1-14(2)19(22(31)26-17(23(32)33)11-7-8-12-24)28-21(30)18(27-20(29)15(3)25)13-16-9-5-4-6-10-16/h4-6,9-10,14-15,17-19H,7-8,11-13,24-25H2,1-3H3,(H,26,31)(H,27,29)(H,28,30)(H,32,33). The molecule has 0 aliphatic rings. The van der Waals surface area contributed by atoms with E-state index < -0.39 is 47.9 Å². The van der Waals surface area contributed by atoms with E-state index in [0.29, 0.717) is 19.4 Å². The molecule has 4 atom stereocenters. The van der Waals surface area contributed by atoms with E-state index in [0.717, 1.165) is 5.56 Å². The number of unbranched alkanes of at least 4 members (excludes halogenated alkanes) is 1. The van der Waals surface area contributed by atoms with Crippen molar-refractivity contribution in [1.82, 2.24) is 16.0 Å². The van der Waals surface area contributed by atoms with Crippen LogP contribution in [0.3, 0.4) is 0 Å². The predicted octanol–water partition coefficient (Wildman–Crippen LogP) is -0.0997. The second-order valence-corrected chi connectivity index (χ2v) is 8.45. The highest BCUT2D eigenvalue weighted by Crippen LogP contribution is 2.09. The normalized spacial score (nSPS) is 14.6. The zero-order valence-corrected chi connectivity index (χ0v) is 19.5. The topological polar surface area (TPSA) is 177 Å². The minimum absolute atomic E-state index is 0.203. The van der Waals surface area contributed by atoms with E-state index in [2.05, 4.69) is 16.0 Å². The second-order valence-electron chi connectivity index (χ2n) is 8.45. The van der Waals surface area contributed by atoms with Gasteiger partial charge in [-0.2, -0.15) is 0 Å². The zero-order valence-electron chi connectivity index (χ0n) is 19.5. The van der Waals surface area contributed by atoms with Crippen molar-refractivity contribution >= 4 is 23.7 Å². The molecule has 1 aromatic carbocycles. The molecule has 1 aromatic rings. The first kappa shape index (κ1) is 28.1. The molecule has 10 nitrogen and oxygen atoms in total. The first-order valence-corrected chi connectivity index (χ1v) is 11.2. The largest absolute Gasteiger partial charge is 0.480 e. The molecule has 0 heterocycles. The van der Waals surface area contributed by atoms with Gasteiger partial charge in [-0.15, -0.1) is 0 Å². The van der Waals surface area contributed by atoms with Crippen LogP contribution < -0.4 is 27.4 Å². The average Bonchev–Trinajstić information content (AvgIpc) is 2.76. The van der Waals surface area contributed by atoms with Crippen molar-refractivity contribution in [2.75, 3.05) is 6.54 Å². The molecule has 0 saturated heterocycles. The van der Waals surface area contributed by atoms with E-state index in [9.17, 15) is 24.3 Å². The summed E-state index contributed by atoms with van der Waals surface area (Å²) in [6, 6.07) is 5.28. The average molecular weight is 464 g/mol. The van der Waals surface area contributed by atoms with Gasteiger partial charge in [0, 0.05) is 6.42 Å². The summed E-state index contributed by atoms with van der Waals surface area (Å²) in [7, 11) is 0. The van der Waals surface area contributed by atoms with Crippen LogP contribution in [0.5, 0.6) is 0 Å². The highest BCUT2D eigenvalue weighted by atomic mass is 16.4. The highest BCUT2D eigenvalue weighted by molar-refractivity contribution is 5.94. The molecule has 10 heteroatoms. The first-order valence-electron chi connectivity index (χ1n) is 11.2. The Morgan fingerprint density at radius 1 is 0.879 bits per heavy atom. The van der Waals surface area contributed by atoms with Gasteiger partial charge in [0.15, 0.2) is 0 Å². The molecule has 0 fully saturated rings. The highest BCUT2D eigenvalue weighted by Gasteiger charge is 2.31.